The number of nitrogens with one attached hydrogen (secondary N) is 1. The molecule has 1 saturated carbocycles. The average molecular weight is 484 g/mol. The van der Waals surface area contributed by atoms with Crippen molar-refractivity contribution in [3.8, 4) is 0 Å². The lowest BCUT2D eigenvalue weighted by Gasteiger charge is -2.27. The summed E-state index contributed by atoms with van der Waals surface area (Å²) in [6, 6.07) is 9.45. The summed E-state index contributed by atoms with van der Waals surface area (Å²) in [5, 5.41) is 13.1. The summed E-state index contributed by atoms with van der Waals surface area (Å²) in [4.78, 5) is 32.8. The quantitative estimate of drug-likeness (QED) is 0.652. The second-order valence-electron chi connectivity index (χ2n) is 10.6. The standard InChI is InChI=1S/C25H33N5O5/c1-25(2,3)35-23(31)26-18-10-9-17(13-18)21-27-28-22(34-21)20-12-11-19-14-29(20)24(32)30(19)33-15-16-7-5-4-6-8-16/h4-8,17-20H,9-15H2,1-3H3,(H,26,31). The van der Waals surface area contributed by atoms with Crippen LogP contribution in [0.3, 0.4) is 0 Å². The molecular weight excluding hydrogens is 450 g/mol. The molecule has 3 aliphatic rings. The summed E-state index contributed by atoms with van der Waals surface area (Å²) < 4.78 is 11.4. The molecule has 1 N–H and O–H groups in total. The number of fused-ring (bicyclic) bond motifs is 2. The van der Waals surface area contributed by atoms with Crippen molar-refractivity contribution in [2.24, 2.45) is 0 Å². The SMILES string of the molecule is CC(C)(C)OC(=O)NC1CCC(c2nnc(C3CCC4CN3C(=O)N4OCc3ccccc3)o2)C1. The van der Waals surface area contributed by atoms with E-state index in [1.807, 2.05) is 51.1 Å². The van der Waals surface area contributed by atoms with Gasteiger partial charge in [-0.1, -0.05) is 30.3 Å². The predicted octanol–water partition coefficient (Wildman–Crippen LogP) is 4.30. The van der Waals surface area contributed by atoms with Crippen molar-refractivity contribution in [2.45, 2.75) is 89.1 Å². The minimum atomic E-state index is -0.530. The first-order chi connectivity index (χ1) is 16.8. The highest BCUT2D eigenvalue weighted by molar-refractivity contribution is 5.77. The first kappa shape index (κ1) is 23.6. The Hall–Kier alpha value is -3.14. The second-order valence-corrected chi connectivity index (χ2v) is 10.6. The maximum atomic E-state index is 13.1. The topological polar surface area (TPSA) is 110 Å². The van der Waals surface area contributed by atoms with E-state index in [2.05, 4.69) is 15.5 Å². The smallest absolute Gasteiger partial charge is 0.407 e. The summed E-state index contributed by atoms with van der Waals surface area (Å²) in [6.07, 6.45) is 3.54. The third-order valence-electron chi connectivity index (χ3n) is 6.78. The number of amides is 3. The zero-order valence-corrected chi connectivity index (χ0v) is 20.5. The molecule has 1 aliphatic carbocycles. The summed E-state index contributed by atoms with van der Waals surface area (Å²) in [6.45, 7) is 6.47. The molecule has 2 saturated heterocycles. The average Bonchev–Trinajstić information content (AvgIpc) is 3.52. The Morgan fingerprint density at radius 3 is 2.66 bits per heavy atom. The molecule has 0 radical (unpaired) electrons. The van der Waals surface area contributed by atoms with Crippen LogP contribution >= 0.6 is 0 Å². The number of urea groups is 1. The lowest BCUT2D eigenvalue weighted by atomic mass is 10.0. The number of ether oxygens (including phenoxy) is 1. The Morgan fingerprint density at radius 2 is 1.89 bits per heavy atom. The molecule has 3 heterocycles. The molecule has 1 aromatic carbocycles. The number of carbonyl (C=O) groups excluding carboxylic acids is 2. The number of hydrogen-bond acceptors (Lipinski definition) is 7. The van der Waals surface area contributed by atoms with Crippen LogP contribution in [0.25, 0.3) is 0 Å². The van der Waals surface area contributed by atoms with Gasteiger partial charge in [0, 0.05) is 18.5 Å². The van der Waals surface area contributed by atoms with E-state index in [4.69, 9.17) is 14.0 Å². The van der Waals surface area contributed by atoms with Gasteiger partial charge in [0.15, 0.2) is 0 Å². The molecule has 10 heteroatoms. The molecule has 4 unspecified atom stereocenters. The van der Waals surface area contributed by atoms with E-state index < -0.39 is 11.7 Å². The van der Waals surface area contributed by atoms with Crippen LogP contribution in [0, 0.1) is 0 Å². The van der Waals surface area contributed by atoms with Gasteiger partial charge in [-0.2, -0.15) is 5.06 Å². The minimum absolute atomic E-state index is 0.0103. The molecule has 2 bridgehead atoms. The highest BCUT2D eigenvalue weighted by Gasteiger charge is 2.48. The Balaban J connectivity index is 1.17. The monoisotopic (exact) mass is 483 g/mol. The zero-order chi connectivity index (χ0) is 24.6. The fourth-order valence-corrected chi connectivity index (χ4v) is 5.13. The molecule has 3 fully saturated rings. The molecular formula is C25H33N5O5. The molecule has 2 aromatic rings. The van der Waals surface area contributed by atoms with Crippen molar-refractivity contribution >= 4 is 12.1 Å². The number of hydrogen-bond donors (Lipinski definition) is 1. The van der Waals surface area contributed by atoms with Gasteiger partial charge in [-0.25, -0.2) is 9.59 Å². The fraction of sp³-hybridized carbons (Fsp3) is 0.600. The van der Waals surface area contributed by atoms with Gasteiger partial charge in [-0.3, -0.25) is 4.84 Å². The molecule has 4 atom stereocenters. The van der Waals surface area contributed by atoms with Crippen molar-refractivity contribution in [3.63, 3.8) is 0 Å². The van der Waals surface area contributed by atoms with Crippen molar-refractivity contribution in [1.29, 1.82) is 0 Å². The van der Waals surface area contributed by atoms with Gasteiger partial charge >= 0.3 is 12.1 Å². The first-order valence-electron chi connectivity index (χ1n) is 12.4. The Bertz CT molecular complexity index is 1050. The molecule has 1 aromatic heterocycles. The maximum absolute atomic E-state index is 13.1. The van der Waals surface area contributed by atoms with Crippen molar-refractivity contribution in [2.75, 3.05) is 6.54 Å². The predicted molar refractivity (Wildman–Crippen MR) is 125 cm³/mol. The normalized spacial score (nSPS) is 26.3. The van der Waals surface area contributed by atoms with E-state index >= 15 is 0 Å². The zero-order valence-electron chi connectivity index (χ0n) is 20.5. The molecule has 188 valence electrons. The summed E-state index contributed by atoms with van der Waals surface area (Å²) in [5.41, 5.74) is 0.489. The number of nitrogens with zero attached hydrogens (tertiary/aromatic N) is 4. The minimum Gasteiger partial charge on any atom is -0.444 e. The molecule has 10 nitrogen and oxygen atoms in total. The first-order valence-corrected chi connectivity index (χ1v) is 12.4. The van der Waals surface area contributed by atoms with E-state index in [0.29, 0.717) is 24.9 Å². The van der Waals surface area contributed by atoms with Crippen LogP contribution in [-0.4, -0.2) is 56.5 Å². The third kappa shape index (κ3) is 5.27. The maximum Gasteiger partial charge on any atom is 0.407 e. The fourth-order valence-electron chi connectivity index (χ4n) is 5.13. The van der Waals surface area contributed by atoms with Crippen LogP contribution in [-0.2, 0) is 16.2 Å². The number of benzene rings is 1. The van der Waals surface area contributed by atoms with E-state index in [1.165, 1.54) is 5.06 Å². The lowest BCUT2D eigenvalue weighted by molar-refractivity contribution is -0.140. The molecule has 35 heavy (non-hydrogen) atoms. The van der Waals surface area contributed by atoms with Gasteiger partial charge in [0.1, 0.15) is 18.2 Å². The van der Waals surface area contributed by atoms with Crippen molar-refractivity contribution in [1.82, 2.24) is 25.5 Å². The van der Waals surface area contributed by atoms with Crippen LogP contribution < -0.4 is 5.32 Å². The molecule has 3 amide bonds. The Kier molecular flexibility index (Phi) is 6.39. The van der Waals surface area contributed by atoms with Gasteiger partial charge in [0.25, 0.3) is 0 Å². The highest BCUT2D eigenvalue weighted by Crippen LogP contribution is 2.40. The summed E-state index contributed by atoms with van der Waals surface area (Å²) in [5.74, 6) is 1.12. The largest absolute Gasteiger partial charge is 0.444 e. The molecule has 2 aliphatic heterocycles. The van der Waals surface area contributed by atoms with E-state index in [9.17, 15) is 9.59 Å². The number of piperidine rings is 1. The van der Waals surface area contributed by atoms with Crippen LogP contribution in [0.2, 0.25) is 0 Å². The van der Waals surface area contributed by atoms with E-state index in [-0.39, 0.29) is 30.1 Å². The van der Waals surface area contributed by atoms with Crippen molar-refractivity contribution < 1.29 is 23.6 Å². The number of rotatable bonds is 6. The number of hydroxylamine groups is 2. The summed E-state index contributed by atoms with van der Waals surface area (Å²) in [7, 11) is 0. The van der Waals surface area contributed by atoms with Gasteiger partial charge in [-0.05, 0) is 58.4 Å². The van der Waals surface area contributed by atoms with Gasteiger partial charge in [0.2, 0.25) is 11.8 Å². The molecule has 5 rings (SSSR count). The summed E-state index contributed by atoms with van der Waals surface area (Å²) >= 11 is 0. The highest BCUT2D eigenvalue weighted by atomic mass is 16.7. The van der Waals surface area contributed by atoms with Gasteiger partial charge in [-0.15, -0.1) is 10.2 Å². The van der Waals surface area contributed by atoms with Crippen LogP contribution in [0.4, 0.5) is 9.59 Å². The van der Waals surface area contributed by atoms with Crippen LogP contribution in [0.5, 0.6) is 0 Å². The number of alkyl carbamates (subject to hydrolysis) is 1. The Morgan fingerprint density at radius 1 is 1.11 bits per heavy atom. The number of aromatic nitrogens is 2. The lowest BCUT2D eigenvalue weighted by Crippen LogP contribution is -2.37. The van der Waals surface area contributed by atoms with Gasteiger partial charge in [0.05, 0.1) is 6.04 Å². The van der Waals surface area contributed by atoms with E-state index in [0.717, 1.165) is 37.7 Å². The van der Waals surface area contributed by atoms with E-state index in [1.54, 1.807) is 4.90 Å². The third-order valence-corrected chi connectivity index (χ3v) is 6.78. The second kappa shape index (κ2) is 9.49. The number of carbonyl (C=O) groups is 2. The molecule has 0 spiro atoms. The Labute approximate surface area is 204 Å². The van der Waals surface area contributed by atoms with Crippen LogP contribution in [0.15, 0.2) is 34.7 Å². The van der Waals surface area contributed by atoms with Crippen molar-refractivity contribution in [3.05, 3.63) is 47.7 Å². The van der Waals surface area contributed by atoms with Crippen LogP contribution in [0.1, 0.15) is 82.2 Å². The van der Waals surface area contributed by atoms with Gasteiger partial charge < -0.3 is 19.4 Å².